The smallest absolute Gasteiger partial charge is 0.215 e. The van der Waals surface area contributed by atoms with Gasteiger partial charge in [-0.15, -0.1) is 0 Å². The first-order valence-electron chi connectivity index (χ1n) is 5.02. The van der Waals surface area contributed by atoms with Gasteiger partial charge in [-0.3, -0.25) is 0 Å². The number of nitrogens with two attached hydrogens (primary N) is 1. The van der Waals surface area contributed by atoms with E-state index in [9.17, 15) is 0 Å². The molecule has 1 rings (SSSR count). The second-order valence-electron chi connectivity index (χ2n) is 3.60. The van der Waals surface area contributed by atoms with Crippen LogP contribution in [0.4, 0.5) is 5.69 Å². The van der Waals surface area contributed by atoms with E-state index in [0.29, 0.717) is 5.88 Å². The van der Waals surface area contributed by atoms with Crippen molar-refractivity contribution in [1.82, 2.24) is 4.98 Å². The van der Waals surface area contributed by atoms with E-state index >= 15 is 0 Å². The molecule has 0 spiro atoms. The fourth-order valence-electron chi connectivity index (χ4n) is 1.26. The summed E-state index contributed by atoms with van der Waals surface area (Å²) >= 11 is 0. The fourth-order valence-corrected chi connectivity index (χ4v) is 1.26. The van der Waals surface area contributed by atoms with Crippen LogP contribution in [0.25, 0.3) is 0 Å². The Hall–Kier alpha value is -1.25. The van der Waals surface area contributed by atoms with Crippen LogP contribution in [0, 0.1) is 6.92 Å². The van der Waals surface area contributed by atoms with Gasteiger partial charge in [-0.1, -0.05) is 13.3 Å². The molecule has 1 aromatic heterocycles. The molecule has 0 aromatic carbocycles. The molecular weight excluding hydrogens is 176 g/mol. The third-order valence-electron chi connectivity index (χ3n) is 2.14. The molecule has 1 heterocycles. The van der Waals surface area contributed by atoms with Crippen molar-refractivity contribution in [3.8, 4) is 5.88 Å². The van der Waals surface area contributed by atoms with Crippen molar-refractivity contribution < 1.29 is 4.74 Å². The maximum absolute atomic E-state index is 5.75. The molecular formula is C11H18N2O. The summed E-state index contributed by atoms with van der Waals surface area (Å²) in [7, 11) is 0. The molecule has 0 aliphatic heterocycles. The standard InChI is InChI=1S/C11H18N2O/c1-4-5-9(3)14-11-6-10(12)8(2)7-13-11/h6-7,9H,4-5H2,1-3H3,(H2,12,13). The summed E-state index contributed by atoms with van der Waals surface area (Å²) in [5, 5.41) is 0. The van der Waals surface area contributed by atoms with Crippen LogP contribution < -0.4 is 10.5 Å². The highest BCUT2D eigenvalue weighted by Gasteiger charge is 2.04. The van der Waals surface area contributed by atoms with Gasteiger partial charge in [0.15, 0.2) is 0 Å². The summed E-state index contributed by atoms with van der Waals surface area (Å²) in [6.07, 6.45) is 4.09. The molecule has 0 bridgehead atoms. The highest BCUT2D eigenvalue weighted by molar-refractivity contribution is 5.47. The van der Waals surface area contributed by atoms with E-state index in [1.54, 1.807) is 12.3 Å². The SMILES string of the molecule is CCCC(C)Oc1cc(N)c(C)cn1. The first kappa shape index (κ1) is 10.8. The monoisotopic (exact) mass is 194 g/mol. The molecule has 0 aliphatic rings. The van der Waals surface area contributed by atoms with Crippen LogP contribution in [0.5, 0.6) is 5.88 Å². The van der Waals surface area contributed by atoms with Crippen molar-refractivity contribution in [1.29, 1.82) is 0 Å². The number of hydrogen-bond acceptors (Lipinski definition) is 3. The molecule has 0 fully saturated rings. The van der Waals surface area contributed by atoms with Crippen molar-refractivity contribution >= 4 is 5.69 Å². The van der Waals surface area contributed by atoms with Crippen molar-refractivity contribution in [3.05, 3.63) is 17.8 Å². The average molecular weight is 194 g/mol. The lowest BCUT2D eigenvalue weighted by molar-refractivity contribution is 0.201. The summed E-state index contributed by atoms with van der Waals surface area (Å²) in [6.45, 7) is 6.11. The lowest BCUT2D eigenvalue weighted by atomic mass is 10.2. The maximum Gasteiger partial charge on any atom is 0.215 e. The topological polar surface area (TPSA) is 48.1 Å². The summed E-state index contributed by atoms with van der Waals surface area (Å²) in [4.78, 5) is 4.16. The highest BCUT2D eigenvalue weighted by atomic mass is 16.5. The number of aromatic nitrogens is 1. The zero-order valence-electron chi connectivity index (χ0n) is 9.08. The number of ether oxygens (including phenoxy) is 1. The van der Waals surface area contributed by atoms with Crippen LogP contribution in [0.15, 0.2) is 12.3 Å². The molecule has 78 valence electrons. The third-order valence-corrected chi connectivity index (χ3v) is 2.14. The van der Waals surface area contributed by atoms with Crippen LogP contribution in [0.2, 0.25) is 0 Å². The molecule has 2 N–H and O–H groups in total. The lowest BCUT2D eigenvalue weighted by Crippen LogP contribution is -2.12. The Morgan fingerprint density at radius 1 is 1.57 bits per heavy atom. The molecule has 1 unspecified atom stereocenters. The van der Waals surface area contributed by atoms with Crippen LogP contribution in [0.1, 0.15) is 32.3 Å². The molecule has 0 amide bonds. The van der Waals surface area contributed by atoms with Gasteiger partial charge in [-0.25, -0.2) is 4.98 Å². The van der Waals surface area contributed by atoms with Gasteiger partial charge in [-0.05, 0) is 25.8 Å². The number of hydrogen-bond donors (Lipinski definition) is 1. The van der Waals surface area contributed by atoms with E-state index in [0.717, 1.165) is 24.1 Å². The van der Waals surface area contributed by atoms with E-state index in [2.05, 4.69) is 11.9 Å². The minimum absolute atomic E-state index is 0.203. The van der Waals surface area contributed by atoms with Crippen LogP contribution in [0.3, 0.4) is 0 Å². The van der Waals surface area contributed by atoms with E-state index in [-0.39, 0.29) is 6.10 Å². The van der Waals surface area contributed by atoms with E-state index in [4.69, 9.17) is 10.5 Å². The minimum Gasteiger partial charge on any atom is -0.475 e. The van der Waals surface area contributed by atoms with Gasteiger partial charge in [0.2, 0.25) is 5.88 Å². The Bertz CT molecular complexity index is 299. The number of pyridine rings is 1. The van der Waals surface area contributed by atoms with Crippen molar-refractivity contribution in [2.24, 2.45) is 0 Å². The van der Waals surface area contributed by atoms with Gasteiger partial charge in [0.05, 0.1) is 6.10 Å². The van der Waals surface area contributed by atoms with Crippen molar-refractivity contribution in [3.63, 3.8) is 0 Å². The average Bonchev–Trinajstić information content (AvgIpc) is 2.12. The first-order chi connectivity index (χ1) is 6.63. The number of nitrogen functional groups attached to an aromatic ring is 1. The molecule has 0 aliphatic carbocycles. The molecule has 3 nitrogen and oxygen atoms in total. The predicted molar refractivity (Wildman–Crippen MR) is 58.4 cm³/mol. The van der Waals surface area contributed by atoms with Gasteiger partial charge in [-0.2, -0.15) is 0 Å². The second-order valence-corrected chi connectivity index (χ2v) is 3.60. The minimum atomic E-state index is 0.203. The summed E-state index contributed by atoms with van der Waals surface area (Å²) in [6, 6.07) is 1.78. The molecule has 0 radical (unpaired) electrons. The maximum atomic E-state index is 5.75. The Kier molecular flexibility index (Phi) is 3.74. The van der Waals surface area contributed by atoms with Crippen LogP contribution in [-0.4, -0.2) is 11.1 Å². The molecule has 1 atom stereocenters. The number of rotatable bonds is 4. The van der Waals surface area contributed by atoms with Gasteiger partial charge >= 0.3 is 0 Å². The van der Waals surface area contributed by atoms with Crippen molar-refractivity contribution in [2.45, 2.75) is 39.7 Å². The molecule has 3 heteroatoms. The lowest BCUT2D eigenvalue weighted by Gasteiger charge is -2.13. The van der Waals surface area contributed by atoms with Gasteiger partial charge in [0.25, 0.3) is 0 Å². The van der Waals surface area contributed by atoms with Crippen LogP contribution in [-0.2, 0) is 0 Å². The molecule has 0 saturated carbocycles. The Labute approximate surface area is 85.3 Å². The largest absolute Gasteiger partial charge is 0.475 e. The Morgan fingerprint density at radius 3 is 2.86 bits per heavy atom. The van der Waals surface area contributed by atoms with E-state index in [1.165, 1.54) is 0 Å². The van der Waals surface area contributed by atoms with Gasteiger partial charge in [0.1, 0.15) is 0 Å². The summed E-state index contributed by atoms with van der Waals surface area (Å²) in [5.41, 5.74) is 7.47. The Balaban J connectivity index is 2.63. The fraction of sp³-hybridized carbons (Fsp3) is 0.545. The molecule has 1 aromatic rings. The first-order valence-corrected chi connectivity index (χ1v) is 5.02. The Morgan fingerprint density at radius 2 is 2.29 bits per heavy atom. The van der Waals surface area contributed by atoms with Gasteiger partial charge < -0.3 is 10.5 Å². The quantitative estimate of drug-likeness (QED) is 0.801. The van der Waals surface area contributed by atoms with E-state index in [1.807, 2.05) is 13.8 Å². The van der Waals surface area contributed by atoms with Crippen molar-refractivity contribution in [2.75, 3.05) is 5.73 Å². The number of nitrogens with zero attached hydrogens (tertiary/aromatic N) is 1. The summed E-state index contributed by atoms with van der Waals surface area (Å²) < 4.78 is 5.60. The van der Waals surface area contributed by atoms with Gasteiger partial charge in [0, 0.05) is 18.0 Å². The van der Waals surface area contributed by atoms with E-state index < -0.39 is 0 Å². The predicted octanol–water partition coefficient (Wildman–Crippen LogP) is 2.54. The zero-order chi connectivity index (χ0) is 10.6. The highest BCUT2D eigenvalue weighted by Crippen LogP contribution is 2.17. The normalized spacial score (nSPS) is 12.5. The summed E-state index contributed by atoms with van der Waals surface area (Å²) in [5.74, 6) is 0.619. The number of anilines is 1. The zero-order valence-corrected chi connectivity index (χ0v) is 9.08. The molecule has 0 saturated heterocycles. The number of aryl methyl sites for hydroxylation is 1. The second kappa shape index (κ2) is 4.84. The van der Waals surface area contributed by atoms with Crippen LogP contribution >= 0.6 is 0 Å². The third kappa shape index (κ3) is 2.91. The molecule has 14 heavy (non-hydrogen) atoms.